The normalized spacial score (nSPS) is 25.4. The summed E-state index contributed by atoms with van der Waals surface area (Å²) in [6.45, 7) is 0.772. The Kier molecular flexibility index (Phi) is 8.99. The van der Waals surface area contributed by atoms with Crippen LogP contribution in [0.1, 0.15) is 69.4 Å². The first-order valence-corrected chi connectivity index (χ1v) is 20.8. The molecular formula is C42H45ClF2N10O4. The lowest BCUT2D eigenvalue weighted by Crippen LogP contribution is -2.44. The molecule has 0 bridgehead atoms. The van der Waals surface area contributed by atoms with Crippen LogP contribution in [0, 0.1) is 11.3 Å². The van der Waals surface area contributed by atoms with Crippen molar-refractivity contribution in [3.63, 3.8) is 0 Å². The number of hydrogen-bond acceptors (Lipinski definition) is 11. The Balaban J connectivity index is 0.832. The maximum atomic E-state index is 15.2. The van der Waals surface area contributed by atoms with Gasteiger partial charge in [0.2, 0.25) is 23.5 Å². The van der Waals surface area contributed by atoms with Gasteiger partial charge >= 0.3 is 5.92 Å². The van der Waals surface area contributed by atoms with Gasteiger partial charge < -0.3 is 30.2 Å². The molecule has 2 unspecified atom stereocenters. The van der Waals surface area contributed by atoms with Crippen molar-refractivity contribution < 1.29 is 23.1 Å². The largest absolute Gasteiger partial charge is 0.480 e. The number of nitrogens with one attached hydrogen (secondary N) is 4. The van der Waals surface area contributed by atoms with Crippen molar-refractivity contribution in [3.05, 3.63) is 63.7 Å². The summed E-state index contributed by atoms with van der Waals surface area (Å²) in [5, 5.41) is 19.2. The Morgan fingerprint density at radius 1 is 1.00 bits per heavy atom. The third kappa shape index (κ3) is 6.68. The Morgan fingerprint density at radius 3 is 2.59 bits per heavy atom. The molecule has 4 N–H and O–H groups in total. The fourth-order valence-corrected chi connectivity index (χ4v) is 9.96. The standard InChI is InChI=1S/C42H45ClF2N10O4/c1-53-30-10-8-24(18-27(30)33-35(39(53)58)59-21-42(44,45)36(50-33)22-6-7-22)48-37-28(43)19-46-40(51-37)55-17-16-41(20-55)14-12-23(13-15-41)47-29-5-3-4-25-32(52-54(2)34(25)29)26-9-11-31(56)49-38(26)57/h3-5,8,10,18-19,22-23,26,36,47,50H,6-7,9,11-17,20-21H2,1-2H3,(H,46,48,51)(H,49,56,57). The van der Waals surface area contributed by atoms with Gasteiger partial charge in [-0.25, -0.2) is 13.8 Å². The molecule has 14 nitrogen and oxygen atoms in total. The van der Waals surface area contributed by atoms with Crippen LogP contribution in [-0.4, -0.2) is 73.8 Å². The number of imide groups is 1. The average Bonchev–Trinajstić information content (AvgIpc) is 3.91. The highest BCUT2D eigenvalue weighted by molar-refractivity contribution is 6.33. The summed E-state index contributed by atoms with van der Waals surface area (Å²) in [7, 11) is 3.50. The van der Waals surface area contributed by atoms with Crippen LogP contribution in [0.25, 0.3) is 21.8 Å². The van der Waals surface area contributed by atoms with E-state index in [1.165, 1.54) is 4.57 Å². The molecule has 1 spiro atoms. The lowest BCUT2D eigenvalue weighted by Gasteiger charge is -2.37. The van der Waals surface area contributed by atoms with E-state index in [4.69, 9.17) is 26.4 Å². The molecule has 2 saturated carbocycles. The van der Waals surface area contributed by atoms with Crippen LogP contribution in [0.15, 0.2) is 47.4 Å². The number of pyridine rings is 1. The van der Waals surface area contributed by atoms with E-state index in [0.29, 0.717) is 64.8 Å². The molecule has 3 aromatic heterocycles. The molecular weight excluding hydrogens is 782 g/mol. The number of piperidine rings is 1. The number of anilines is 5. The number of alkyl halides is 2. The molecule has 308 valence electrons. The van der Waals surface area contributed by atoms with E-state index < -0.39 is 30.0 Å². The van der Waals surface area contributed by atoms with Crippen LogP contribution >= 0.6 is 11.6 Å². The van der Waals surface area contributed by atoms with Gasteiger partial charge in [0, 0.05) is 56.1 Å². The highest BCUT2D eigenvalue weighted by atomic mass is 35.5. The van der Waals surface area contributed by atoms with Gasteiger partial charge in [-0.05, 0) is 87.0 Å². The zero-order valence-corrected chi connectivity index (χ0v) is 33.5. The van der Waals surface area contributed by atoms with Crippen molar-refractivity contribution in [1.29, 1.82) is 0 Å². The molecule has 5 aliphatic rings. The van der Waals surface area contributed by atoms with Gasteiger partial charge in [-0.1, -0.05) is 23.7 Å². The predicted octanol–water partition coefficient (Wildman–Crippen LogP) is 6.60. The van der Waals surface area contributed by atoms with E-state index in [9.17, 15) is 14.4 Å². The molecule has 6 heterocycles. The number of fused-ring (bicyclic) bond motifs is 4. The number of carbonyl (C=O) groups excluding carboxylic acids is 2. The minimum absolute atomic E-state index is 0.110. The first-order valence-electron chi connectivity index (χ1n) is 20.4. The van der Waals surface area contributed by atoms with Crippen LogP contribution in [0.2, 0.25) is 5.02 Å². The Labute approximate surface area is 343 Å². The number of halogens is 3. The van der Waals surface area contributed by atoms with Crippen LogP contribution in [0.5, 0.6) is 5.75 Å². The number of ether oxygens (including phenoxy) is 1. The van der Waals surface area contributed by atoms with Crippen molar-refractivity contribution >= 4 is 74.0 Å². The molecule has 2 atom stereocenters. The van der Waals surface area contributed by atoms with Gasteiger partial charge in [-0.2, -0.15) is 10.1 Å². The smallest absolute Gasteiger partial charge is 0.301 e. The Hall–Kier alpha value is -5.51. The first kappa shape index (κ1) is 37.7. The van der Waals surface area contributed by atoms with E-state index in [1.54, 1.807) is 31.4 Å². The van der Waals surface area contributed by atoms with E-state index in [1.807, 2.05) is 23.9 Å². The summed E-state index contributed by atoms with van der Waals surface area (Å²) >= 11 is 6.66. The number of rotatable bonds is 7. The van der Waals surface area contributed by atoms with Gasteiger partial charge in [0.05, 0.1) is 46.3 Å². The average molecular weight is 827 g/mol. The number of carbonyl (C=O) groups is 2. The number of benzene rings is 2. The molecule has 2 aromatic carbocycles. The monoisotopic (exact) mass is 826 g/mol. The SMILES string of the molecule is Cn1nc(C2CCC(=O)NC2=O)c2cccc(NC3CCC4(CC3)CCN(c3ncc(Cl)c(Nc5ccc6c(c5)c5c(c(=O)n6C)OCC(F)(F)C(C6CC6)N5)n3)C4)c21. The lowest BCUT2D eigenvalue weighted by atomic mass is 9.72. The zero-order valence-electron chi connectivity index (χ0n) is 32.8. The van der Waals surface area contributed by atoms with Crippen molar-refractivity contribution in [2.24, 2.45) is 25.4 Å². The van der Waals surface area contributed by atoms with Crippen LogP contribution in [-0.2, 0) is 23.7 Å². The number of hydrogen-bond donors (Lipinski definition) is 4. The van der Waals surface area contributed by atoms with Gasteiger partial charge in [-0.15, -0.1) is 0 Å². The molecule has 2 amide bonds. The number of aryl methyl sites for hydroxylation is 2. The van der Waals surface area contributed by atoms with Crippen molar-refractivity contribution in [2.75, 3.05) is 40.5 Å². The van der Waals surface area contributed by atoms with E-state index in [0.717, 1.165) is 61.8 Å². The highest BCUT2D eigenvalue weighted by Crippen LogP contribution is 2.47. The molecule has 4 fully saturated rings. The van der Waals surface area contributed by atoms with E-state index in [2.05, 4.69) is 37.2 Å². The van der Waals surface area contributed by atoms with Crippen molar-refractivity contribution in [2.45, 2.75) is 81.7 Å². The number of amides is 2. The number of aromatic nitrogens is 5. The number of para-hydroxylation sites is 1. The molecule has 10 rings (SSSR count). The van der Waals surface area contributed by atoms with Gasteiger partial charge in [0.25, 0.3) is 5.56 Å². The first-order chi connectivity index (χ1) is 28.4. The second kappa shape index (κ2) is 14.1. The fourth-order valence-electron chi connectivity index (χ4n) is 9.82. The summed E-state index contributed by atoms with van der Waals surface area (Å²) < 4.78 is 39.1. The summed E-state index contributed by atoms with van der Waals surface area (Å²) in [4.78, 5) is 49.5. The van der Waals surface area contributed by atoms with Crippen LogP contribution < -0.4 is 36.5 Å². The summed E-state index contributed by atoms with van der Waals surface area (Å²) in [5.74, 6) is -3.43. The molecule has 2 saturated heterocycles. The maximum Gasteiger partial charge on any atom is 0.301 e. The molecule has 2 aliphatic carbocycles. The van der Waals surface area contributed by atoms with Crippen LogP contribution in [0.4, 0.5) is 37.6 Å². The minimum atomic E-state index is -3.13. The lowest BCUT2D eigenvalue weighted by molar-refractivity contribution is -0.134. The Bertz CT molecular complexity index is 2600. The third-order valence-electron chi connectivity index (χ3n) is 13.2. The second-order valence-electron chi connectivity index (χ2n) is 17.1. The Morgan fingerprint density at radius 2 is 1.81 bits per heavy atom. The quantitative estimate of drug-likeness (QED) is 0.131. The predicted molar refractivity (Wildman–Crippen MR) is 221 cm³/mol. The minimum Gasteiger partial charge on any atom is -0.480 e. The molecule has 0 radical (unpaired) electrons. The molecule has 3 aliphatic heterocycles. The highest BCUT2D eigenvalue weighted by Gasteiger charge is 2.51. The third-order valence-corrected chi connectivity index (χ3v) is 13.5. The fraction of sp³-hybridized carbons (Fsp3) is 0.476. The molecule has 5 aromatic rings. The zero-order chi connectivity index (χ0) is 40.8. The number of nitrogens with zero attached hydrogens (tertiary/aromatic N) is 6. The molecule has 59 heavy (non-hydrogen) atoms. The molecule has 17 heteroatoms. The summed E-state index contributed by atoms with van der Waals surface area (Å²) in [5.41, 5.74) is 3.75. The maximum absolute atomic E-state index is 15.2. The van der Waals surface area contributed by atoms with Crippen molar-refractivity contribution in [1.82, 2.24) is 29.6 Å². The van der Waals surface area contributed by atoms with E-state index in [-0.39, 0.29) is 40.6 Å². The topological polar surface area (TPSA) is 160 Å². The van der Waals surface area contributed by atoms with Crippen molar-refractivity contribution in [3.8, 4) is 5.75 Å². The second-order valence-corrected chi connectivity index (χ2v) is 17.5. The van der Waals surface area contributed by atoms with Gasteiger partial charge in [-0.3, -0.25) is 24.4 Å². The van der Waals surface area contributed by atoms with Gasteiger partial charge in [0.1, 0.15) is 5.02 Å². The van der Waals surface area contributed by atoms with Crippen LogP contribution in [0.3, 0.4) is 0 Å². The van der Waals surface area contributed by atoms with E-state index >= 15 is 8.78 Å². The summed E-state index contributed by atoms with van der Waals surface area (Å²) in [6.07, 6.45) is 8.83. The summed E-state index contributed by atoms with van der Waals surface area (Å²) in [6, 6.07) is 10.6. The van der Waals surface area contributed by atoms with Gasteiger partial charge in [0.15, 0.2) is 12.4 Å².